The van der Waals surface area contributed by atoms with Crippen LogP contribution in [0.1, 0.15) is 24.8 Å². The number of aliphatic imine (C=N–C) groups is 1. The molecule has 1 aliphatic heterocycles. The molecule has 0 unspecified atom stereocenters. The summed E-state index contributed by atoms with van der Waals surface area (Å²) in [6, 6.07) is 8.63. The lowest BCUT2D eigenvalue weighted by molar-refractivity contribution is 0.241. The number of nitrogens with zero attached hydrogens (tertiary/aromatic N) is 2. The largest absolute Gasteiger partial charge is 0.355 e. The Morgan fingerprint density at radius 1 is 1.37 bits per heavy atom. The van der Waals surface area contributed by atoms with Crippen molar-refractivity contribution >= 4 is 21.9 Å². The fraction of sp³-hybridized carbons (Fsp3) is 0.533. The van der Waals surface area contributed by atoms with E-state index in [9.17, 15) is 0 Å². The zero-order valence-electron chi connectivity index (χ0n) is 11.3. The molecule has 1 N–H and O–H groups in total. The van der Waals surface area contributed by atoms with Gasteiger partial charge in [-0.1, -0.05) is 40.5 Å². The molecule has 1 aromatic carbocycles. The van der Waals surface area contributed by atoms with Gasteiger partial charge in [0.2, 0.25) is 0 Å². The average molecular weight is 322 g/mol. The highest BCUT2D eigenvalue weighted by Crippen LogP contribution is 2.45. The van der Waals surface area contributed by atoms with Gasteiger partial charge >= 0.3 is 0 Å². The third-order valence-electron chi connectivity index (χ3n) is 4.40. The molecule has 0 aromatic heterocycles. The Labute approximate surface area is 123 Å². The third-order valence-corrected chi connectivity index (χ3v) is 5.09. The normalized spacial score (nSPS) is 20.9. The zero-order valence-corrected chi connectivity index (χ0v) is 12.9. The quantitative estimate of drug-likeness (QED) is 0.927. The maximum Gasteiger partial charge on any atom is 0.193 e. The fourth-order valence-corrected chi connectivity index (χ4v) is 3.71. The summed E-state index contributed by atoms with van der Waals surface area (Å²) in [6.07, 6.45) is 3.85. The number of guanidine groups is 1. The highest BCUT2D eigenvalue weighted by Gasteiger charge is 2.40. The predicted molar refractivity (Wildman–Crippen MR) is 82.6 cm³/mol. The topological polar surface area (TPSA) is 27.6 Å². The van der Waals surface area contributed by atoms with Gasteiger partial charge in [-0.3, -0.25) is 4.99 Å². The second-order valence-electron chi connectivity index (χ2n) is 5.59. The molecule has 3 rings (SSSR count). The summed E-state index contributed by atoms with van der Waals surface area (Å²) >= 11 is 3.70. The molecular formula is C15H20BrN3. The number of rotatable bonds is 3. The molecule has 1 aromatic rings. The van der Waals surface area contributed by atoms with Crippen LogP contribution in [0.3, 0.4) is 0 Å². The maximum atomic E-state index is 4.51. The van der Waals surface area contributed by atoms with E-state index in [0.29, 0.717) is 0 Å². The number of hydrogen-bond acceptors (Lipinski definition) is 3. The van der Waals surface area contributed by atoms with Crippen molar-refractivity contribution < 1.29 is 0 Å². The Bertz CT molecular complexity index is 494. The van der Waals surface area contributed by atoms with E-state index in [1.54, 1.807) is 0 Å². The highest BCUT2D eigenvalue weighted by molar-refractivity contribution is 9.10. The lowest BCUT2D eigenvalue weighted by Gasteiger charge is -2.43. The second-order valence-corrected chi connectivity index (χ2v) is 6.45. The summed E-state index contributed by atoms with van der Waals surface area (Å²) in [5.74, 6) is 1.05. The van der Waals surface area contributed by atoms with E-state index in [2.05, 4.69) is 62.5 Å². The van der Waals surface area contributed by atoms with Crippen molar-refractivity contribution in [2.45, 2.75) is 24.7 Å². The summed E-state index contributed by atoms with van der Waals surface area (Å²) in [5.41, 5.74) is 1.72. The van der Waals surface area contributed by atoms with Gasteiger partial charge in [0, 0.05) is 30.0 Å². The molecule has 2 aliphatic rings. The average Bonchev–Trinajstić information content (AvgIpc) is 2.76. The van der Waals surface area contributed by atoms with Gasteiger partial charge in [0.05, 0.1) is 6.54 Å². The fourth-order valence-electron chi connectivity index (χ4n) is 3.01. The molecule has 1 aliphatic carbocycles. The van der Waals surface area contributed by atoms with Crippen LogP contribution in [0.15, 0.2) is 33.7 Å². The molecule has 1 heterocycles. The van der Waals surface area contributed by atoms with E-state index in [1.807, 2.05) is 0 Å². The van der Waals surface area contributed by atoms with Crippen molar-refractivity contribution in [1.29, 1.82) is 0 Å². The summed E-state index contributed by atoms with van der Waals surface area (Å²) < 4.78 is 1.23. The van der Waals surface area contributed by atoms with Gasteiger partial charge in [-0.2, -0.15) is 0 Å². The molecular weight excluding hydrogens is 302 g/mol. The summed E-state index contributed by atoms with van der Waals surface area (Å²) in [6.45, 7) is 2.93. The first kappa shape index (κ1) is 13.0. The molecule has 1 saturated carbocycles. The van der Waals surface area contributed by atoms with Gasteiger partial charge in [-0.25, -0.2) is 0 Å². The predicted octanol–water partition coefficient (Wildman–Crippen LogP) is 2.76. The molecule has 0 spiro atoms. The van der Waals surface area contributed by atoms with Crippen molar-refractivity contribution in [1.82, 2.24) is 10.2 Å². The molecule has 19 heavy (non-hydrogen) atoms. The summed E-state index contributed by atoms with van der Waals surface area (Å²) in [4.78, 5) is 6.71. The molecule has 102 valence electrons. The monoisotopic (exact) mass is 321 g/mol. The molecule has 3 nitrogen and oxygen atoms in total. The lowest BCUT2D eigenvalue weighted by atomic mass is 9.64. The van der Waals surface area contributed by atoms with Crippen molar-refractivity contribution in [3.63, 3.8) is 0 Å². The molecule has 1 fully saturated rings. The first-order valence-electron chi connectivity index (χ1n) is 6.96. The number of halogens is 1. The molecule has 0 bridgehead atoms. The number of hydrogen-bond donors (Lipinski definition) is 1. The minimum absolute atomic E-state index is 0.284. The number of likely N-dealkylation sites (N-methyl/N-ethyl adjacent to an activating group) is 1. The molecule has 4 heteroatoms. The van der Waals surface area contributed by atoms with Gasteiger partial charge in [-0.15, -0.1) is 0 Å². The third kappa shape index (κ3) is 2.38. The van der Waals surface area contributed by atoms with Crippen molar-refractivity contribution in [3.05, 3.63) is 34.3 Å². The van der Waals surface area contributed by atoms with Crippen LogP contribution >= 0.6 is 15.9 Å². The number of benzene rings is 1. The van der Waals surface area contributed by atoms with Gasteiger partial charge in [0.15, 0.2) is 5.96 Å². The maximum absolute atomic E-state index is 4.51. The minimum atomic E-state index is 0.284. The first-order chi connectivity index (χ1) is 9.21. The summed E-state index contributed by atoms with van der Waals surface area (Å²) in [7, 11) is 2.10. The molecule has 0 radical (unpaired) electrons. The Balaban J connectivity index is 1.75. The molecule has 0 saturated heterocycles. The Kier molecular flexibility index (Phi) is 3.52. The minimum Gasteiger partial charge on any atom is -0.355 e. The Hall–Kier alpha value is -1.03. The summed E-state index contributed by atoms with van der Waals surface area (Å²) in [5, 5.41) is 3.55. The molecule has 0 amide bonds. The molecule has 0 atom stereocenters. The van der Waals surface area contributed by atoms with Gasteiger partial charge in [-0.05, 0) is 24.5 Å². The smallest absolute Gasteiger partial charge is 0.193 e. The van der Waals surface area contributed by atoms with Crippen LogP contribution in [0.25, 0.3) is 0 Å². The van der Waals surface area contributed by atoms with Gasteiger partial charge in [0.1, 0.15) is 0 Å². The van der Waals surface area contributed by atoms with Crippen molar-refractivity contribution in [2.24, 2.45) is 4.99 Å². The van der Waals surface area contributed by atoms with Crippen LogP contribution in [-0.4, -0.2) is 37.5 Å². The van der Waals surface area contributed by atoms with Gasteiger partial charge < -0.3 is 10.2 Å². The van der Waals surface area contributed by atoms with E-state index >= 15 is 0 Å². The lowest BCUT2D eigenvalue weighted by Crippen LogP contribution is -2.48. The van der Waals surface area contributed by atoms with Crippen molar-refractivity contribution in [2.75, 3.05) is 26.7 Å². The first-order valence-corrected chi connectivity index (χ1v) is 7.75. The van der Waals surface area contributed by atoms with Gasteiger partial charge in [0.25, 0.3) is 0 Å². The van der Waals surface area contributed by atoms with Crippen LogP contribution in [0.4, 0.5) is 0 Å². The van der Waals surface area contributed by atoms with E-state index < -0.39 is 0 Å². The van der Waals surface area contributed by atoms with E-state index in [0.717, 1.165) is 25.6 Å². The highest BCUT2D eigenvalue weighted by atomic mass is 79.9. The number of nitrogens with one attached hydrogen (secondary N) is 1. The second kappa shape index (κ2) is 5.16. The SMILES string of the molecule is CN1CCN=C1NCC1(c2ccccc2Br)CCC1. The van der Waals surface area contributed by atoms with E-state index in [-0.39, 0.29) is 5.41 Å². The van der Waals surface area contributed by atoms with Crippen LogP contribution < -0.4 is 5.32 Å². The van der Waals surface area contributed by atoms with Crippen LogP contribution in [0.2, 0.25) is 0 Å². The van der Waals surface area contributed by atoms with Crippen molar-refractivity contribution in [3.8, 4) is 0 Å². The van der Waals surface area contributed by atoms with Crippen LogP contribution in [0.5, 0.6) is 0 Å². The Morgan fingerprint density at radius 3 is 2.74 bits per heavy atom. The van der Waals surface area contributed by atoms with Crippen LogP contribution in [-0.2, 0) is 5.41 Å². The Morgan fingerprint density at radius 2 is 2.16 bits per heavy atom. The van der Waals surface area contributed by atoms with E-state index in [4.69, 9.17) is 0 Å². The standard InChI is InChI=1S/C15H20BrN3/c1-19-10-9-17-14(19)18-11-15(7-4-8-15)12-5-2-3-6-13(12)16/h2-3,5-6H,4,7-11H2,1H3,(H,17,18). The van der Waals surface area contributed by atoms with Crippen LogP contribution in [0, 0.1) is 0 Å². The zero-order chi connectivity index (χ0) is 13.3. The van der Waals surface area contributed by atoms with E-state index in [1.165, 1.54) is 29.3 Å².